The molecule has 0 aromatic heterocycles. The number of hydrogen-bond acceptors (Lipinski definition) is 4. The van der Waals surface area contributed by atoms with Crippen LogP contribution in [-0.2, 0) is 16.0 Å². The molecule has 0 radical (unpaired) electrons. The Hall–Kier alpha value is -2.26. The Morgan fingerprint density at radius 3 is 2.32 bits per heavy atom. The van der Waals surface area contributed by atoms with Crippen LogP contribution in [-0.4, -0.2) is 18.5 Å². The lowest BCUT2D eigenvalue weighted by molar-refractivity contribution is -0.119. The Morgan fingerprint density at radius 1 is 1.04 bits per heavy atom. The number of halogens is 3. The number of nitriles is 1. The lowest BCUT2D eigenvalue weighted by Crippen LogP contribution is -2.21. The minimum absolute atomic E-state index is 0.0346. The largest absolute Gasteiger partial charge is 0.452 e. The van der Waals surface area contributed by atoms with Gasteiger partial charge in [0.2, 0.25) is 0 Å². The van der Waals surface area contributed by atoms with E-state index >= 15 is 0 Å². The van der Waals surface area contributed by atoms with Crippen LogP contribution >= 0.6 is 34.8 Å². The van der Waals surface area contributed by atoms with Crippen LogP contribution in [0.1, 0.15) is 15.9 Å². The van der Waals surface area contributed by atoms with Crippen molar-refractivity contribution in [2.75, 3.05) is 11.9 Å². The van der Waals surface area contributed by atoms with Crippen molar-refractivity contribution >= 4 is 52.4 Å². The van der Waals surface area contributed by atoms with E-state index in [0.29, 0.717) is 5.69 Å². The van der Waals surface area contributed by atoms with Crippen LogP contribution in [0.5, 0.6) is 0 Å². The van der Waals surface area contributed by atoms with Gasteiger partial charge in [0, 0.05) is 5.69 Å². The molecule has 0 aliphatic heterocycles. The number of benzene rings is 2. The maximum atomic E-state index is 12.1. The Balaban J connectivity index is 1.95. The number of ether oxygens (including phenoxy) is 1. The third-order valence-electron chi connectivity index (χ3n) is 3.10. The number of anilines is 1. The molecular weight excluding hydrogens is 387 g/mol. The first kappa shape index (κ1) is 19.1. The average Bonchev–Trinajstić information content (AvgIpc) is 2.59. The van der Waals surface area contributed by atoms with Gasteiger partial charge in [-0.15, -0.1) is 0 Å². The van der Waals surface area contributed by atoms with Gasteiger partial charge in [0.1, 0.15) is 0 Å². The van der Waals surface area contributed by atoms with E-state index in [-0.39, 0.29) is 27.1 Å². The number of carbonyl (C=O) groups is 2. The molecule has 0 aliphatic rings. The summed E-state index contributed by atoms with van der Waals surface area (Å²) in [6.45, 7) is -0.516. The number of rotatable bonds is 5. The number of carbonyl (C=O) groups excluding carboxylic acids is 2. The lowest BCUT2D eigenvalue weighted by atomic mass is 10.1. The van der Waals surface area contributed by atoms with Crippen molar-refractivity contribution in [1.29, 1.82) is 5.26 Å². The molecule has 0 aliphatic carbocycles. The predicted octanol–water partition coefficient (Wildman–Crippen LogP) is 4.51. The van der Waals surface area contributed by atoms with Crippen molar-refractivity contribution in [2.24, 2.45) is 0 Å². The van der Waals surface area contributed by atoms with Gasteiger partial charge in [-0.05, 0) is 29.8 Å². The molecule has 1 amide bonds. The first-order chi connectivity index (χ1) is 11.9. The minimum Gasteiger partial charge on any atom is -0.452 e. The van der Waals surface area contributed by atoms with Crippen molar-refractivity contribution < 1.29 is 14.3 Å². The summed E-state index contributed by atoms with van der Waals surface area (Å²) in [5, 5.41) is 11.4. The molecular formula is C17H11Cl3N2O3. The van der Waals surface area contributed by atoms with Crippen LogP contribution < -0.4 is 5.32 Å². The number of nitrogens with zero attached hydrogens (tertiary/aromatic N) is 1. The van der Waals surface area contributed by atoms with Gasteiger partial charge >= 0.3 is 5.97 Å². The smallest absolute Gasteiger partial charge is 0.341 e. The van der Waals surface area contributed by atoms with E-state index in [4.69, 9.17) is 44.8 Å². The van der Waals surface area contributed by atoms with E-state index in [1.807, 2.05) is 6.07 Å². The highest BCUT2D eigenvalue weighted by Crippen LogP contribution is 2.31. The van der Waals surface area contributed by atoms with Gasteiger partial charge in [-0.2, -0.15) is 5.26 Å². The average molecular weight is 398 g/mol. The van der Waals surface area contributed by atoms with Crippen LogP contribution in [0.2, 0.25) is 15.1 Å². The van der Waals surface area contributed by atoms with Crippen LogP contribution in [0.25, 0.3) is 0 Å². The highest BCUT2D eigenvalue weighted by Gasteiger charge is 2.19. The second-order valence-electron chi connectivity index (χ2n) is 4.87. The summed E-state index contributed by atoms with van der Waals surface area (Å²) in [4.78, 5) is 23.9. The van der Waals surface area contributed by atoms with Crippen molar-refractivity contribution in [3.63, 3.8) is 0 Å². The summed E-state index contributed by atoms with van der Waals surface area (Å²) in [7, 11) is 0. The van der Waals surface area contributed by atoms with E-state index < -0.39 is 18.5 Å². The molecule has 2 aromatic rings. The molecule has 2 rings (SSSR count). The quantitative estimate of drug-likeness (QED) is 0.595. The van der Waals surface area contributed by atoms with Crippen LogP contribution in [0.15, 0.2) is 36.4 Å². The molecule has 25 heavy (non-hydrogen) atoms. The second-order valence-corrected chi connectivity index (χ2v) is 6.07. The Bertz CT molecular complexity index is 845. The van der Waals surface area contributed by atoms with Crippen molar-refractivity contribution in [3.05, 3.63) is 62.6 Å². The molecule has 0 saturated heterocycles. The summed E-state index contributed by atoms with van der Waals surface area (Å²) < 4.78 is 4.92. The summed E-state index contributed by atoms with van der Waals surface area (Å²) in [6.07, 6.45) is 0.285. The Kier molecular flexibility index (Phi) is 6.65. The van der Waals surface area contributed by atoms with E-state index in [9.17, 15) is 9.59 Å². The van der Waals surface area contributed by atoms with Gasteiger partial charge in [0.15, 0.2) is 6.61 Å². The number of nitrogens with one attached hydrogen (secondary N) is 1. The molecule has 0 heterocycles. The van der Waals surface area contributed by atoms with Gasteiger partial charge in [-0.3, -0.25) is 4.79 Å². The summed E-state index contributed by atoms with van der Waals surface area (Å²) in [5.41, 5.74) is 1.25. The first-order valence-corrected chi connectivity index (χ1v) is 8.12. The van der Waals surface area contributed by atoms with E-state index in [2.05, 4.69) is 5.32 Å². The predicted molar refractivity (Wildman–Crippen MR) is 96.1 cm³/mol. The topological polar surface area (TPSA) is 79.2 Å². The molecule has 1 N–H and O–H groups in total. The SMILES string of the molecule is N#CCc1ccc(NC(=O)COC(=O)c2c(Cl)ccc(Cl)c2Cl)cc1. The zero-order valence-electron chi connectivity index (χ0n) is 12.7. The van der Waals surface area contributed by atoms with Gasteiger partial charge < -0.3 is 10.1 Å². The first-order valence-electron chi connectivity index (χ1n) is 6.98. The second kappa shape index (κ2) is 8.72. The fourth-order valence-electron chi connectivity index (χ4n) is 1.91. The molecule has 0 atom stereocenters. The number of esters is 1. The number of hydrogen-bond donors (Lipinski definition) is 1. The Morgan fingerprint density at radius 2 is 1.68 bits per heavy atom. The third-order valence-corrected chi connectivity index (χ3v) is 4.22. The maximum absolute atomic E-state index is 12.1. The lowest BCUT2D eigenvalue weighted by Gasteiger charge is -2.09. The van der Waals surface area contributed by atoms with E-state index in [0.717, 1.165) is 5.56 Å². The summed E-state index contributed by atoms with van der Waals surface area (Å²) in [6, 6.07) is 11.6. The highest BCUT2D eigenvalue weighted by molar-refractivity contribution is 6.46. The van der Waals surface area contributed by atoms with Crippen molar-refractivity contribution in [2.45, 2.75) is 6.42 Å². The minimum atomic E-state index is -0.850. The summed E-state index contributed by atoms with van der Waals surface area (Å²) >= 11 is 17.7. The van der Waals surface area contributed by atoms with Crippen molar-refractivity contribution in [3.8, 4) is 6.07 Å². The van der Waals surface area contributed by atoms with E-state index in [1.54, 1.807) is 24.3 Å². The van der Waals surface area contributed by atoms with Crippen LogP contribution in [0, 0.1) is 11.3 Å². The standard InChI is InChI=1S/C17H11Cl3N2O3/c18-12-5-6-13(19)16(20)15(12)17(24)25-9-14(23)22-11-3-1-10(2-4-11)7-8-21/h1-6H,7,9H2,(H,22,23). The summed E-state index contributed by atoms with van der Waals surface area (Å²) in [5.74, 6) is -1.38. The number of amides is 1. The highest BCUT2D eigenvalue weighted by atomic mass is 35.5. The molecule has 0 unspecified atom stereocenters. The van der Waals surface area contributed by atoms with Gasteiger partial charge in [0.25, 0.3) is 5.91 Å². The Labute approximate surface area is 159 Å². The monoisotopic (exact) mass is 396 g/mol. The molecule has 0 spiro atoms. The van der Waals surface area contributed by atoms with Gasteiger partial charge in [0.05, 0.1) is 33.1 Å². The molecule has 0 bridgehead atoms. The zero-order valence-corrected chi connectivity index (χ0v) is 15.0. The molecule has 8 heteroatoms. The van der Waals surface area contributed by atoms with Crippen LogP contribution in [0.3, 0.4) is 0 Å². The zero-order chi connectivity index (χ0) is 18.4. The molecule has 5 nitrogen and oxygen atoms in total. The third kappa shape index (κ3) is 5.10. The molecule has 2 aromatic carbocycles. The van der Waals surface area contributed by atoms with Gasteiger partial charge in [-0.1, -0.05) is 46.9 Å². The van der Waals surface area contributed by atoms with Crippen LogP contribution in [0.4, 0.5) is 5.69 Å². The van der Waals surface area contributed by atoms with Crippen molar-refractivity contribution in [1.82, 2.24) is 0 Å². The fraction of sp³-hybridized carbons (Fsp3) is 0.118. The molecule has 0 fully saturated rings. The van der Waals surface area contributed by atoms with Gasteiger partial charge in [-0.25, -0.2) is 4.79 Å². The molecule has 0 saturated carbocycles. The fourth-order valence-corrected chi connectivity index (χ4v) is 2.59. The maximum Gasteiger partial charge on any atom is 0.341 e. The molecule has 128 valence electrons. The normalized spacial score (nSPS) is 10.0. The van der Waals surface area contributed by atoms with E-state index in [1.165, 1.54) is 12.1 Å².